The van der Waals surface area contributed by atoms with E-state index in [1.165, 1.54) is 25.3 Å². The number of aromatic amines is 1. The number of anilines is 1. The van der Waals surface area contributed by atoms with Crippen LogP contribution in [0.25, 0.3) is 33.4 Å². The van der Waals surface area contributed by atoms with E-state index in [2.05, 4.69) is 15.1 Å². The smallest absolute Gasteiger partial charge is 0.265 e. The van der Waals surface area contributed by atoms with Crippen LogP contribution in [0.1, 0.15) is 19.8 Å². The van der Waals surface area contributed by atoms with Crippen LogP contribution in [-0.4, -0.2) is 48.2 Å². The van der Waals surface area contributed by atoms with Gasteiger partial charge in [-0.3, -0.25) is 4.68 Å². The highest BCUT2D eigenvalue weighted by Crippen LogP contribution is 2.39. The van der Waals surface area contributed by atoms with E-state index in [0.29, 0.717) is 28.1 Å². The summed E-state index contributed by atoms with van der Waals surface area (Å²) in [4.78, 5) is 6.57. The minimum atomic E-state index is -4.71. The number of allylic oxidation sites excluding steroid dienone is 4. The quantitative estimate of drug-likeness (QED) is 0.274. The number of fused-ring (bicyclic) bond motifs is 1. The van der Waals surface area contributed by atoms with Crippen LogP contribution in [0.4, 0.5) is 18.9 Å². The van der Waals surface area contributed by atoms with E-state index in [1.807, 2.05) is 13.0 Å². The van der Waals surface area contributed by atoms with Crippen LogP contribution in [0.15, 0.2) is 71.8 Å². The van der Waals surface area contributed by atoms with Crippen LogP contribution in [0, 0.1) is 5.82 Å². The summed E-state index contributed by atoms with van der Waals surface area (Å²) in [5.74, 6) is -1.77. The molecule has 0 saturated carbocycles. The molecule has 1 aliphatic rings. The Kier molecular flexibility index (Phi) is 7.32. The van der Waals surface area contributed by atoms with Crippen LogP contribution in [0.2, 0.25) is 0 Å². The van der Waals surface area contributed by atoms with Crippen molar-refractivity contribution in [3.05, 3.63) is 77.6 Å². The van der Waals surface area contributed by atoms with Gasteiger partial charge in [-0.1, -0.05) is 6.07 Å². The van der Waals surface area contributed by atoms with Gasteiger partial charge in [0.1, 0.15) is 35.0 Å². The molecule has 39 heavy (non-hydrogen) atoms. The summed E-state index contributed by atoms with van der Waals surface area (Å²) in [5.41, 5.74) is 1.95. The number of methoxy groups -OCH3 is 1. The first-order chi connectivity index (χ1) is 18.8. The second-order valence-electron chi connectivity index (χ2n) is 8.94. The SMILES string of the molecule is CCn1cc(-c2ccnc3[nH]ccc23)c(-c2cccc(N(COC)S(=O)(=O)C3=CC(F)=CCCC3F)c2F)n1. The van der Waals surface area contributed by atoms with Crippen LogP contribution in [0.5, 0.6) is 0 Å². The Morgan fingerprint density at radius 1 is 1.18 bits per heavy atom. The van der Waals surface area contributed by atoms with Crippen molar-refractivity contribution < 1.29 is 26.3 Å². The molecule has 1 unspecified atom stereocenters. The molecule has 0 amide bonds. The maximum atomic E-state index is 16.3. The number of ether oxygens (including phenoxy) is 1. The lowest BCUT2D eigenvalue weighted by molar-refractivity contribution is 0.209. The molecule has 3 heterocycles. The van der Waals surface area contributed by atoms with Gasteiger partial charge in [0.05, 0.1) is 5.69 Å². The number of halogens is 3. The number of nitrogens with one attached hydrogen (secondary N) is 1. The molecule has 3 aromatic heterocycles. The number of hydrogen-bond acceptors (Lipinski definition) is 5. The molecule has 8 nitrogen and oxygen atoms in total. The molecule has 1 aliphatic carbocycles. The number of alkyl halides is 1. The number of aromatic nitrogens is 4. The molecular weight excluding hydrogens is 531 g/mol. The van der Waals surface area contributed by atoms with Crippen molar-refractivity contribution in [2.24, 2.45) is 0 Å². The Morgan fingerprint density at radius 3 is 2.77 bits per heavy atom. The molecule has 12 heteroatoms. The average molecular weight is 558 g/mol. The molecular formula is C27H26F3N5O3S. The number of nitrogens with zero attached hydrogens (tertiary/aromatic N) is 4. The molecule has 0 spiro atoms. The van der Waals surface area contributed by atoms with Gasteiger partial charge in [0.2, 0.25) is 0 Å². The number of pyridine rings is 1. The predicted octanol–water partition coefficient (Wildman–Crippen LogP) is 5.86. The predicted molar refractivity (Wildman–Crippen MR) is 143 cm³/mol. The van der Waals surface area contributed by atoms with E-state index in [1.54, 1.807) is 29.3 Å². The maximum Gasteiger partial charge on any atom is 0.265 e. The van der Waals surface area contributed by atoms with Gasteiger partial charge < -0.3 is 9.72 Å². The third-order valence-electron chi connectivity index (χ3n) is 6.52. The van der Waals surface area contributed by atoms with Gasteiger partial charge in [-0.15, -0.1) is 0 Å². The van der Waals surface area contributed by atoms with Gasteiger partial charge in [0.15, 0.2) is 5.82 Å². The van der Waals surface area contributed by atoms with Gasteiger partial charge in [0, 0.05) is 48.8 Å². The van der Waals surface area contributed by atoms with Gasteiger partial charge >= 0.3 is 0 Å². The summed E-state index contributed by atoms with van der Waals surface area (Å²) in [6, 6.07) is 7.87. The zero-order chi connectivity index (χ0) is 27.7. The summed E-state index contributed by atoms with van der Waals surface area (Å²) >= 11 is 0. The molecule has 0 radical (unpaired) electrons. The fourth-order valence-corrected chi connectivity index (χ4v) is 6.22. The lowest BCUT2D eigenvalue weighted by Crippen LogP contribution is -2.36. The van der Waals surface area contributed by atoms with Crippen molar-refractivity contribution in [1.82, 2.24) is 19.7 Å². The number of sulfonamides is 1. The van der Waals surface area contributed by atoms with E-state index >= 15 is 4.39 Å². The largest absolute Gasteiger partial charge is 0.363 e. The molecule has 204 valence electrons. The maximum absolute atomic E-state index is 16.3. The standard InChI is InChI=1S/C27H26F3N5O3S/c1-3-34-15-21(18-10-12-31-27-19(18)11-13-32-27)26(33-34)20-7-5-9-23(25(20)30)35(16-38-2)39(36,37)24-14-17(28)6-4-8-22(24)29/h5-7,9-15,22H,3-4,8,16H2,1-2H3,(H,31,32). The van der Waals surface area contributed by atoms with Crippen molar-refractivity contribution in [1.29, 1.82) is 0 Å². The summed E-state index contributed by atoms with van der Waals surface area (Å²) in [7, 11) is -3.49. The van der Waals surface area contributed by atoms with E-state index in [9.17, 15) is 17.2 Å². The van der Waals surface area contributed by atoms with Crippen molar-refractivity contribution >= 4 is 26.7 Å². The summed E-state index contributed by atoms with van der Waals surface area (Å²) in [5, 5.41) is 5.38. The number of benzene rings is 1. The first-order valence-corrected chi connectivity index (χ1v) is 13.7. The monoisotopic (exact) mass is 557 g/mol. The Bertz CT molecular complexity index is 1690. The Labute approximate surface area is 223 Å². The third kappa shape index (κ3) is 4.85. The molecule has 1 N–H and O–H groups in total. The lowest BCUT2D eigenvalue weighted by atomic mass is 9.99. The normalized spacial score (nSPS) is 16.2. The van der Waals surface area contributed by atoms with Crippen molar-refractivity contribution in [2.75, 3.05) is 18.1 Å². The minimum Gasteiger partial charge on any atom is -0.363 e. The van der Waals surface area contributed by atoms with Gasteiger partial charge in [-0.25, -0.2) is 30.9 Å². The molecule has 0 fully saturated rings. The van der Waals surface area contributed by atoms with Gasteiger partial charge in [-0.05, 0) is 61.7 Å². The molecule has 0 saturated heterocycles. The molecule has 1 aromatic carbocycles. The molecule has 0 bridgehead atoms. The number of hydrogen-bond donors (Lipinski definition) is 1. The fraction of sp³-hybridized carbons (Fsp3) is 0.259. The van der Waals surface area contributed by atoms with Crippen LogP contribution >= 0.6 is 0 Å². The third-order valence-corrected chi connectivity index (χ3v) is 8.37. The van der Waals surface area contributed by atoms with Crippen LogP contribution in [-0.2, 0) is 21.3 Å². The Balaban J connectivity index is 1.67. The highest BCUT2D eigenvalue weighted by Gasteiger charge is 2.36. The van der Waals surface area contributed by atoms with Gasteiger partial charge in [0.25, 0.3) is 10.0 Å². The first kappa shape index (κ1) is 26.7. The lowest BCUT2D eigenvalue weighted by Gasteiger charge is -2.26. The second kappa shape index (κ2) is 10.7. The summed E-state index contributed by atoms with van der Waals surface area (Å²) in [6.07, 6.45) is 4.76. The highest BCUT2D eigenvalue weighted by molar-refractivity contribution is 7.96. The average Bonchev–Trinajstić information content (AvgIpc) is 3.53. The van der Waals surface area contributed by atoms with Crippen molar-refractivity contribution in [3.8, 4) is 22.4 Å². The Morgan fingerprint density at radius 2 is 2.00 bits per heavy atom. The number of H-pyrrole nitrogens is 1. The van der Waals surface area contributed by atoms with E-state index in [-0.39, 0.29) is 29.8 Å². The zero-order valence-corrected chi connectivity index (χ0v) is 22.1. The number of aryl methyl sites for hydroxylation is 1. The van der Waals surface area contributed by atoms with Crippen LogP contribution < -0.4 is 4.31 Å². The number of rotatable bonds is 8. The van der Waals surface area contributed by atoms with E-state index in [0.717, 1.165) is 17.0 Å². The topological polar surface area (TPSA) is 93.1 Å². The highest BCUT2D eigenvalue weighted by atomic mass is 32.2. The van der Waals surface area contributed by atoms with E-state index in [4.69, 9.17) is 4.74 Å². The van der Waals surface area contributed by atoms with Crippen LogP contribution in [0.3, 0.4) is 0 Å². The zero-order valence-electron chi connectivity index (χ0n) is 21.2. The molecule has 5 rings (SSSR count). The summed E-state index contributed by atoms with van der Waals surface area (Å²) < 4.78 is 79.9. The molecule has 1 atom stereocenters. The first-order valence-electron chi connectivity index (χ1n) is 12.3. The van der Waals surface area contributed by atoms with Crippen molar-refractivity contribution in [2.45, 2.75) is 32.5 Å². The Hall–Kier alpha value is -3.90. The summed E-state index contributed by atoms with van der Waals surface area (Å²) in [6.45, 7) is 1.77. The van der Waals surface area contributed by atoms with Crippen molar-refractivity contribution in [3.63, 3.8) is 0 Å². The molecule has 4 aromatic rings. The van der Waals surface area contributed by atoms with E-state index < -0.39 is 39.5 Å². The fourth-order valence-electron chi connectivity index (χ4n) is 4.61. The molecule has 0 aliphatic heterocycles. The second-order valence-corrected chi connectivity index (χ2v) is 10.8. The van der Waals surface area contributed by atoms with Gasteiger partial charge in [-0.2, -0.15) is 5.10 Å². The minimum absolute atomic E-state index is 0.0307.